The molecule has 10 nitrogen and oxygen atoms in total. The predicted octanol–water partition coefficient (Wildman–Crippen LogP) is 2.07. The molecule has 2 aliphatic heterocycles. The highest BCUT2D eigenvalue weighted by molar-refractivity contribution is 5.94. The second-order valence-corrected chi connectivity index (χ2v) is 9.36. The van der Waals surface area contributed by atoms with Crippen LogP contribution in [0.3, 0.4) is 0 Å². The number of imidazole rings is 1. The maximum atomic E-state index is 12.5. The lowest BCUT2D eigenvalue weighted by Crippen LogP contribution is -2.21. The third kappa shape index (κ3) is 3.68. The van der Waals surface area contributed by atoms with Crippen LogP contribution in [0.5, 0.6) is 5.75 Å². The molecule has 3 aromatic heterocycles. The molecule has 4 aromatic rings. The Bertz CT molecular complexity index is 1650. The number of aryl methyl sites for hydroxylation is 1. The van der Waals surface area contributed by atoms with Gasteiger partial charge >= 0.3 is 0 Å². The number of rotatable bonds is 4. The quantitative estimate of drug-likeness (QED) is 0.369. The summed E-state index contributed by atoms with van der Waals surface area (Å²) in [6, 6.07) is 7.46. The van der Waals surface area contributed by atoms with Gasteiger partial charge in [-0.2, -0.15) is 5.10 Å². The standard InChI is InChI=1S/C27H23N7O3/c1-27(37,26-29-8-3-9-30-26)7-6-15-4-5-18-16-11-17(12-16)34-21(13-20-22(35)14-31-33(20)2)23(24(28)36)32-25(34)19(18)10-15/h3-5,8-11,14,17,35,37H,12-13H2,1-2H3,(H2,28,36)/t17?,27-/m1/s1. The molecule has 2 bridgehead atoms. The summed E-state index contributed by atoms with van der Waals surface area (Å²) >= 11 is 0. The Kier molecular flexibility index (Phi) is 5.00. The van der Waals surface area contributed by atoms with Crippen LogP contribution in [0.15, 0.2) is 48.9 Å². The normalized spacial score (nSPS) is 16.7. The van der Waals surface area contributed by atoms with E-state index in [1.54, 1.807) is 37.1 Å². The zero-order chi connectivity index (χ0) is 25.9. The molecule has 10 heteroatoms. The average Bonchev–Trinajstić information content (AvgIpc) is 3.30. The highest BCUT2D eigenvalue weighted by Crippen LogP contribution is 2.48. The van der Waals surface area contributed by atoms with Crippen molar-refractivity contribution in [1.82, 2.24) is 29.3 Å². The Balaban J connectivity index is 1.47. The molecule has 2 atom stereocenters. The third-order valence-electron chi connectivity index (χ3n) is 6.83. The number of aliphatic hydroxyl groups is 1. The van der Waals surface area contributed by atoms with Crippen LogP contribution in [0.2, 0.25) is 0 Å². The number of allylic oxidation sites excluding steroid dienone is 2. The van der Waals surface area contributed by atoms with Gasteiger partial charge in [0.15, 0.2) is 17.2 Å². The van der Waals surface area contributed by atoms with Gasteiger partial charge in [-0.25, -0.2) is 15.0 Å². The fourth-order valence-corrected chi connectivity index (χ4v) is 4.87. The van der Waals surface area contributed by atoms with E-state index in [9.17, 15) is 15.0 Å². The number of carbonyl (C=O) groups excluding carboxylic acids is 1. The summed E-state index contributed by atoms with van der Waals surface area (Å²) in [6.45, 7) is 1.55. The maximum Gasteiger partial charge on any atom is 0.269 e. The number of amides is 1. The fourth-order valence-electron chi connectivity index (χ4n) is 4.87. The molecule has 184 valence electrons. The van der Waals surface area contributed by atoms with E-state index < -0.39 is 11.5 Å². The number of nitrogens with two attached hydrogens (primary N) is 1. The van der Waals surface area contributed by atoms with E-state index in [4.69, 9.17) is 10.7 Å². The van der Waals surface area contributed by atoms with Crippen molar-refractivity contribution in [3.05, 3.63) is 83.0 Å². The largest absolute Gasteiger partial charge is 0.504 e. The van der Waals surface area contributed by atoms with Gasteiger partial charge < -0.3 is 20.5 Å². The molecule has 37 heavy (non-hydrogen) atoms. The molecular weight excluding hydrogens is 470 g/mol. The summed E-state index contributed by atoms with van der Waals surface area (Å²) in [5, 5.41) is 25.2. The third-order valence-corrected chi connectivity index (χ3v) is 6.83. The molecule has 1 aliphatic carbocycles. The summed E-state index contributed by atoms with van der Waals surface area (Å²) in [5.74, 6) is 6.12. The number of nitrogens with zero attached hydrogens (tertiary/aromatic N) is 6. The second-order valence-electron chi connectivity index (χ2n) is 9.36. The highest BCUT2D eigenvalue weighted by Gasteiger charge is 2.36. The van der Waals surface area contributed by atoms with Crippen LogP contribution >= 0.6 is 0 Å². The first kappa shape index (κ1) is 22.7. The molecule has 0 radical (unpaired) electrons. The van der Waals surface area contributed by atoms with Crippen molar-refractivity contribution in [2.45, 2.75) is 31.4 Å². The molecular formula is C27H23N7O3. The van der Waals surface area contributed by atoms with Crippen LogP contribution in [0.25, 0.3) is 17.0 Å². The van der Waals surface area contributed by atoms with Crippen molar-refractivity contribution in [3.8, 4) is 29.0 Å². The Labute approximate surface area is 212 Å². The van der Waals surface area contributed by atoms with E-state index in [2.05, 4.69) is 33.0 Å². The Morgan fingerprint density at radius 1 is 1.24 bits per heavy atom. The van der Waals surface area contributed by atoms with Gasteiger partial charge in [0.1, 0.15) is 11.5 Å². The number of aromatic nitrogens is 6. The number of carbonyl (C=O) groups is 1. The first-order chi connectivity index (χ1) is 17.7. The van der Waals surface area contributed by atoms with Crippen LogP contribution in [0.4, 0.5) is 0 Å². The lowest BCUT2D eigenvalue weighted by molar-refractivity contribution is 0.0994. The molecule has 1 unspecified atom stereocenters. The minimum Gasteiger partial charge on any atom is -0.504 e. The number of primary amides is 1. The van der Waals surface area contributed by atoms with Crippen molar-refractivity contribution in [2.24, 2.45) is 12.8 Å². The molecule has 1 amide bonds. The zero-order valence-corrected chi connectivity index (χ0v) is 20.2. The van der Waals surface area contributed by atoms with E-state index in [-0.39, 0.29) is 29.7 Å². The average molecular weight is 494 g/mol. The van der Waals surface area contributed by atoms with Crippen LogP contribution in [-0.2, 0) is 19.1 Å². The number of hydrogen-bond donors (Lipinski definition) is 3. The molecule has 5 heterocycles. The molecule has 4 N–H and O–H groups in total. The summed E-state index contributed by atoms with van der Waals surface area (Å²) in [6.07, 6.45) is 7.65. The molecule has 1 aromatic carbocycles. The van der Waals surface area contributed by atoms with Gasteiger partial charge in [-0.1, -0.05) is 24.0 Å². The first-order valence-electron chi connectivity index (χ1n) is 11.7. The van der Waals surface area contributed by atoms with Gasteiger partial charge in [0, 0.05) is 37.0 Å². The van der Waals surface area contributed by atoms with Crippen molar-refractivity contribution < 1.29 is 15.0 Å². The van der Waals surface area contributed by atoms with E-state index in [0.29, 0.717) is 22.8 Å². The van der Waals surface area contributed by atoms with Gasteiger partial charge in [-0.3, -0.25) is 9.48 Å². The Hall–Kier alpha value is -4.75. The van der Waals surface area contributed by atoms with Gasteiger partial charge in [0.25, 0.3) is 5.91 Å². The molecule has 7 rings (SSSR count). The molecule has 0 spiro atoms. The second kappa shape index (κ2) is 8.15. The SMILES string of the molecule is Cn1ncc(O)c1Cc1c(C(N)=O)nc2n1C1C=C(C1)c1ccc(C#C[C@@](C)(O)c3ncccn3)cc1-2. The lowest BCUT2D eigenvalue weighted by atomic mass is 9.86. The van der Waals surface area contributed by atoms with E-state index in [1.807, 2.05) is 22.8 Å². The van der Waals surface area contributed by atoms with Crippen LogP contribution < -0.4 is 5.73 Å². The fraction of sp³-hybridized carbons (Fsp3) is 0.222. The summed E-state index contributed by atoms with van der Waals surface area (Å²) in [4.78, 5) is 25.4. The van der Waals surface area contributed by atoms with E-state index in [0.717, 1.165) is 17.5 Å². The summed E-state index contributed by atoms with van der Waals surface area (Å²) in [5.41, 5.74) is 9.23. The highest BCUT2D eigenvalue weighted by atomic mass is 16.3. The Morgan fingerprint density at radius 2 is 2.00 bits per heavy atom. The minimum absolute atomic E-state index is 0.00821. The summed E-state index contributed by atoms with van der Waals surface area (Å²) < 4.78 is 3.59. The van der Waals surface area contributed by atoms with Crippen LogP contribution in [-0.4, -0.2) is 45.4 Å². The first-order valence-corrected chi connectivity index (χ1v) is 11.7. The van der Waals surface area contributed by atoms with Gasteiger partial charge in [0.05, 0.1) is 23.6 Å². The topological polar surface area (TPSA) is 145 Å². The monoisotopic (exact) mass is 493 g/mol. The Morgan fingerprint density at radius 3 is 2.68 bits per heavy atom. The molecule has 3 aliphatic rings. The van der Waals surface area contributed by atoms with Gasteiger partial charge in [-0.15, -0.1) is 0 Å². The minimum atomic E-state index is -1.53. The van der Waals surface area contributed by atoms with Crippen molar-refractivity contribution in [3.63, 3.8) is 0 Å². The zero-order valence-electron chi connectivity index (χ0n) is 20.2. The molecule has 0 saturated carbocycles. The van der Waals surface area contributed by atoms with Gasteiger partial charge in [0.2, 0.25) is 0 Å². The predicted molar refractivity (Wildman–Crippen MR) is 134 cm³/mol. The van der Waals surface area contributed by atoms with Crippen LogP contribution in [0, 0.1) is 11.8 Å². The van der Waals surface area contributed by atoms with Gasteiger partial charge in [-0.05, 0) is 42.7 Å². The van der Waals surface area contributed by atoms with Crippen molar-refractivity contribution in [2.75, 3.05) is 0 Å². The van der Waals surface area contributed by atoms with Crippen molar-refractivity contribution in [1.29, 1.82) is 0 Å². The molecule has 0 fully saturated rings. The number of benzene rings is 1. The van der Waals surface area contributed by atoms with E-state index >= 15 is 0 Å². The number of hydrogen-bond acceptors (Lipinski definition) is 7. The van der Waals surface area contributed by atoms with Crippen LogP contribution in [0.1, 0.15) is 58.2 Å². The maximum absolute atomic E-state index is 12.5. The number of aromatic hydroxyl groups is 1. The van der Waals surface area contributed by atoms with E-state index in [1.165, 1.54) is 11.8 Å². The summed E-state index contributed by atoms with van der Waals surface area (Å²) in [7, 11) is 1.73. The smallest absolute Gasteiger partial charge is 0.269 e. The van der Waals surface area contributed by atoms with Crippen molar-refractivity contribution >= 4 is 11.5 Å². The lowest BCUT2D eigenvalue weighted by Gasteiger charge is -2.26. The molecule has 0 saturated heterocycles.